The van der Waals surface area contributed by atoms with Crippen molar-refractivity contribution in [1.82, 2.24) is 0 Å². The first-order chi connectivity index (χ1) is 9.94. The average Bonchev–Trinajstić information content (AvgIpc) is 2.41. The van der Waals surface area contributed by atoms with E-state index in [9.17, 15) is 5.11 Å². The smallest absolute Gasteiger partial charge is 0.163 e. The van der Waals surface area contributed by atoms with Crippen LogP contribution in [-0.2, 0) is 9.47 Å². The van der Waals surface area contributed by atoms with Crippen LogP contribution < -0.4 is 0 Å². The van der Waals surface area contributed by atoms with Crippen molar-refractivity contribution < 1.29 is 14.6 Å². The predicted molar refractivity (Wildman–Crippen MR) is 90.3 cm³/mol. The first-order valence-corrected chi connectivity index (χ1v) is 7.78. The Morgan fingerprint density at radius 3 is 2.45 bits per heavy atom. The number of hydrogen-bond donors (Lipinski definition) is 1. The Kier molecular flexibility index (Phi) is 5.67. The molecular formula is C19H30O3. The first kappa shape index (κ1) is 19.0. The molecule has 1 rings (SSSR count). The van der Waals surface area contributed by atoms with Crippen LogP contribution in [0.15, 0.2) is 23.3 Å². The molecule has 2 unspecified atom stereocenters. The lowest BCUT2D eigenvalue weighted by molar-refractivity contribution is -0.218. The van der Waals surface area contributed by atoms with Gasteiger partial charge in [0.15, 0.2) is 5.79 Å². The molecule has 2 atom stereocenters. The summed E-state index contributed by atoms with van der Waals surface area (Å²) < 4.78 is 11.5. The summed E-state index contributed by atoms with van der Waals surface area (Å²) in [4.78, 5) is 0. The lowest BCUT2D eigenvalue weighted by Gasteiger charge is -2.40. The average molecular weight is 306 g/mol. The van der Waals surface area contributed by atoms with E-state index in [2.05, 4.69) is 26.7 Å². The molecule has 0 saturated heterocycles. The third-order valence-electron chi connectivity index (χ3n) is 4.45. The minimum absolute atomic E-state index is 0.0124. The molecule has 3 nitrogen and oxygen atoms in total. The second-order valence-electron chi connectivity index (χ2n) is 7.35. The molecule has 0 aromatic carbocycles. The van der Waals surface area contributed by atoms with E-state index in [4.69, 9.17) is 15.9 Å². The van der Waals surface area contributed by atoms with Gasteiger partial charge in [0, 0.05) is 7.11 Å². The van der Waals surface area contributed by atoms with Gasteiger partial charge in [-0.1, -0.05) is 25.8 Å². The Hall–Kier alpha value is -1.08. The molecular weight excluding hydrogens is 276 g/mol. The van der Waals surface area contributed by atoms with Gasteiger partial charge in [0.1, 0.15) is 5.60 Å². The van der Waals surface area contributed by atoms with Gasteiger partial charge in [0.2, 0.25) is 0 Å². The van der Waals surface area contributed by atoms with Crippen molar-refractivity contribution in [3.05, 3.63) is 23.3 Å². The van der Waals surface area contributed by atoms with Crippen molar-refractivity contribution in [3.8, 4) is 12.3 Å². The Labute approximate surface area is 135 Å². The van der Waals surface area contributed by atoms with E-state index in [0.717, 1.165) is 12.8 Å². The van der Waals surface area contributed by atoms with E-state index in [1.54, 1.807) is 20.1 Å². The SMILES string of the molecule is C#CC(C)(O)C=CC1=C(C)C(OC(C)(C)OC)CCC1(C)C. The standard InChI is InChI=1S/C19H30O3/c1-9-19(7,20)13-10-15-14(2)16(11-12-17(15,3)4)22-18(5,6)21-8/h1,10,13,16,20H,11-12H2,2-8H3. The third-order valence-corrected chi connectivity index (χ3v) is 4.45. The first-order valence-electron chi connectivity index (χ1n) is 7.78. The molecule has 0 heterocycles. The highest BCUT2D eigenvalue weighted by Gasteiger charge is 2.35. The zero-order chi connectivity index (χ0) is 17.2. The molecule has 0 aliphatic heterocycles. The summed E-state index contributed by atoms with van der Waals surface area (Å²) in [5.74, 6) is 1.76. The van der Waals surface area contributed by atoms with E-state index >= 15 is 0 Å². The molecule has 1 aliphatic rings. The molecule has 124 valence electrons. The fourth-order valence-corrected chi connectivity index (χ4v) is 2.74. The molecule has 3 heteroatoms. The highest BCUT2D eigenvalue weighted by Crippen LogP contribution is 2.43. The largest absolute Gasteiger partial charge is 0.374 e. The van der Waals surface area contributed by atoms with Crippen LogP contribution in [0.1, 0.15) is 54.4 Å². The number of hydrogen-bond acceptors (Lipinski definition) is 3. The van der Waals surface area contributed by atoms with Gasteiger partial charge in [0.25, 0.3) is 0 Å². The van der Waals surface area contributed by atoms with E-state index in [1.807, 2.05) is 19.9 Å². The fourth-order valence-electron chi connectivity index (χ4n) is 2.74. The molecule has 0 saturated carbocycles. The van der Waals surface area contributed by atoms with Crippen LogP contribution in [0, 0.1) is 17.8 Å². The molecule has 1 aliphatic carbocycles. The van der Waals surface area contributed by atoms with Crippen LogP contribution in [0.25, 0.3) is 0 Å². The lowest BCUT2D eigenvalue weighted by atomic mass is 9.71. The number of rotatable bonds is 5. The maximum absolute atomic E-state index is 10.0. The second kappa shape index (κ2) is 6.58. The summed E-state index contributed by atoms with van der Waals surface area (Å²) >= 11 is 0. The molecule has 0 amide bonds. The van der Waals surface area contributed by atoms with Gasteiger partial charge in [-0.3, -0.25) is 0 Å². The molecule has 0 aromatic heterocycles. The topological polar surface area (TPSA) is 38.7 Å². The Morgan fingerprint density at radius 1 is 1.36 bits per heavy atom. The highest BCUT2D eigenvalue weighted by atomic mass is 16.7. The van der Waals surface area contributed by atoms with Crippen LogP contribution in [0.4, 0.5) is 0 Å². The van der Waals surface area contributed by atoms with E-state index in [1.165, 1.54) is 11.1 Å². The summed E-state index contributed by atoms with van der Waals surface area (Å²) in [6, 6.07) is 0. The normalized spacial score (nSPS) is 25.1. The number of allylic oxidation sites excluding steroid dienone is 2. The van der Waals surface area contributed by atoms with Crippen molar-refractivity contribution in [1.29, 1.82) is 0 Å². The predicted octanol–water partition coefficient (Wildman–Crippen LogP) is 3.83. The van der Waals surface area contributed by atoms with Gasteiger partial charge in [0.05, 0.1) is 6.10 Å². The quantitative estimate of drug-likeness (QED) is 0.620. The summed E-state index contributed by atoms with van der Waals surface area (Å²) in [5.41, 5.74) is 1.14. The van der Waals surface area contributed by atoms with Crippen molar-refractivity contribution in [2.45, 2.75) is 71.9 Å². The molecule has 0 bridgehead atoms. The van der Waals surface area contributed by atoms with Crippen LogP contribution in [0.2, 0.25) is 0 Å². The van der Waals surface area contributed by atoms with Crippen molar-refractivity contribution in [2.24, 2.45) is 5.41 Å². The summed E-state index contributed by atoms with van der Waals surface area (Å²) in [5, 5.41) is 10.0. The minimum Gasteiger partial charge on any atom is -0.374 e. The van der Waals surface area contributed by atoms with Gasteiger partial charge < -0.3 is 14.6 Å². The Balaban J connectivity index is 3.14. The van der Waals surface area contributed by atoms with Gasteiger partial charge in [-0.05, 0) is 63.2 Å². The molecule has 22 heavy (non-hydrogen) atoms. The molecule has 0 aromatic rings. The Morgan fingerprint density at radius 2 is 1.95 bits per heavy atom. The lowest BCUT2D eigenvalue weighted by Crippen LogP contribution is -2.37. The zero-order valence-electron chi connectivity index (χ0n) is 15.0. The van der Waals surface area contributed by atoms with E-state index < -0.39 is 11.4 Å². The van der Waals surface area contributed by atoms with Crippen LogP contribution in [0.3, 0.4) is 0 Å². The number of methoxy groups -OCH3 is 1. The zero-order valence-corrected chi connectivity index (χ0v) is 15.0. The number of ether oxygens (including phenoxy) is 2. The Bertz CT molecular complexity index is 501. The third kappa shape index (κ3) is 4.71. The van der Waals surface area contributed by atoms with Crippen LogP contribution in [0.5, 0.6) is 0 Å². The molecule has 0 fully saturated rings. The van der Waals surface area contributed by atoms with E-state index in [0.29, 0.717) is 0 Å². The van der Waals surface area contributed by atoms with Crippen molar-refractivity contribution in [2.75, 3.05) is 7.11 Å². The van der Waals surface area contributed by atoms with Gasteiger partial charge in [-0.15, -0.1) is 6.42 Å². The van der Waals surface area contributed by atoms with E-state index in [-0.39, 0.29) is 11.5 Å². The number of aliphatic hydroxyl groups is 1. The fraction of sp³-hybridized carbons (Fsp3) is 0.684. The second-order valence-corrected chi connectivity index (χ2v) is 7.35. The maximum atomic E-state index is 10.0. The number of terminal acetylenes is 1. The van der Waals surface area contributed by atoms with Gasteiger partial charge in [-0.2, -0.15) is 0 Å². The molecule has 1 N–H and O–H groups in total. The monoisotopic (exact) mass is 306 g/mol. The molecule has 0 spiro atoms. The maximum Gasteiger partial charge on any atom is 0.163 e. The van der Waals surface area contributed by atoms with Crippen LogP contribution >= 0.6 is 0 Å². The summed E-state index contributed by atoms with van der Waals surface area (Å²) in [6.45, 7) is 11.9. The van der Waals surface area contributed by atoms with Crippen molar-refractivity contribution in [3.63, 3.8) is 0 Å². The minimum atomic E-state index is -1.23. The highest BCUT2D eigenvalue weighted by molar-refractivity contribution is 5.37. The van der Waals surface area contributed by atoms with Gasteiger partial charge >= 0.3 is 0 Å². The van der Waals surface area contributed by atoms with Crippen LogP contribution in [-0.4, -0.2) is 29.7 Å². The van der Waals surface area contributed by atoms with Gasteiger partial charge in [-0.25, -0.2) is 0 Å². The summed E-state index contributed by atoms with van der Waals surface area (Å²) in [6.07, 6.45) is 10.9. The molecule has 0 radical (unpaired) electrons. The summed E-state index contributed by atoms with van der Waals surface area (Å²) in [7, 11) is 1.65. The van der Waals surface area contributed by atoms with Crippen molar-refractivity contribution >= 4 is 0 Å².